The smallest absolute Gasteiger partial charge is 0.122 e. The van der Waals surface area contributed by atoms with Crippen LogP contribution in [0.1, 0.15) is 38.2 Å². The molecular weight excluding hydrogens is 204 g/mol. The molecule has 0 atom stereocenters. The van der Waals surface area contributed by atoms with Crippen LogP contribution < -0.4 is 4.74 Å². The SMILES string of the molecule is CCCCCCOc1ccc(S)cc1C. The van der Waals surface area contributed by atoms with Crippen LogP contribution in [-0.2, 0) is 0 Å². The van der Waals surface area contributed by atoms with Crippen LogP contribution in [-0.4, -0.2) is 6.61 Å². The van der Waals surface area contributed by atoms with Crippen LogP contribution in [0, 0.1) is 6.92 Å². The van der Waals surface area contributed by atoms with E-state index in [1.54, 1.807) is 0 Å². The molecule has 0 aliphatic heterocycles. The maximum atomic E-state index is 5.70. The van der Waals surface area contributed by atoms with E-state index < -0.39 is 0 Å². The Bertz CT molecular complexity index is 297. The van der Waals surface area contributed by atoms with Crippen LogP contribution in [0.3, 0.4) is 0 Å². The first-order chi connectivity index (χ1) is 7.24. The van der Waals surface area contributed by atoms with E-state index in [1.807, 2.05) is 18.2 Å². The number of ether oxygens (including phenoxy) is 1. The van der Waals surface area contributed by atoms with Gasteiger partial charge < -0.3 is 4.74 Å². The maximum Gasteiger partial charge on any atom is 0.122 e. The van der Waals surface area contributed by atoms with Crippen LogP contribution in [0.25, 0.3) is 0 Å². The average molecular weight is 224 g/mol. The molecule has 1 aromatic carbocycles. The molecule has 0 radical (unpaired) electrons. The molecule has 0 spiro atoms. The summed E-state index contributed by atoms with van der Waals surface area (Å²) in [5, 5.41) is 0. The summed E-state index contributed by atoms with van der Waals surface area (Å²) in [6.45, 7) is 5.10. The van der Waals surface area contributed by atoms with E-state index in [0.29, 0.717) is 0 Å². The predicted octanol–water partition coefficient (Wildman–Crippen LogP) is 4.24. The Labute approximate surface area is 98.3 Å². The molecule has 0 amide bonds. The fraction of sp³-hybridized carbons (Fsp3) is 0.538. The summed E-state index contributed by atoms with van der Waals surface area (Å²) in [6.07, 6.45) is 4.99. The van der Waals surface area contributed by atoms with Gasteiger partial charge in [-0.25, -0.2) is 0 Å². The Balaban J connectivity index is 2.31. The van der Waals surface area contributed by atoms with Crippen LogP contribution in [0.15, 0.2) is 23.1 Å². The zero-order valence-electron chi connectivity index (χ0n) is 9.62. The molecule has 0 aromatic heterocycles. The molecule has 0 saturated carbocycles. The number of unbranched alkanes of at least 4 members (excludes halogenated alkanes) is 3. The summed E-state index contributed by atoms with van der Waals surface area (Å²) >= 11 is 4.28. The largest absolute Gasteiger partial charge is 0.493 e. The minimum absolute atomic E-state index is 0.826. The minimum Gasteiger partial charge on any atom is -0.493 e. The van der Waals surface area contributed by atoms with E-state index in [1.165, 1.54) is 19.3 Å². The number of hydrogen-bond acceptors (Lipinski definition) is 2. The predicted molar refractivity (Wildman–Crippen MR) is 68.1 cm³/mol. The van der Waals surface area contributed by atoms with Crippen LogP contribution in [0.4, 0.5) is 0 Å². The summed E-state index contributed by atoms with van der Waals surface area (Å²) in [7, 11) is 0. The highest BCUT2D eigenvalue weighted by Gasteiger charge is 1.99. The highest BCUT2D eigenvalue weighted by atomic mass is 32.1. The van der Waals surface area contributed by atoms with Gasteiger partial charge in [0.15, 0.2) is 0 Å². The van der Waals surface area contributed by atoms with E-state index in [-0.39, 0.29) is 0 Å². The lowest BCUT2D eigenvalue weighted by Crippen LogP contribution is -1.98. The van der Waals surface area contributed by atoms with Crippen molar-refractivity contribution in [2.24, 2.45) is 0 Å². The van der Waals surface area contributed by atoms with Crippen LogP contribution in [0.5, 0.6) is 5.75 Å². The molecule has 0 aliphatic carbocycles. The van der Waals surface area contributed by atoms with E-state index in [2.05, 4.69) is 26.5 Å². The summed E-state index contributed by atoms with van der Waals surface area (Å²) in [6, 6.07) is 6.00. The van der Waals surface area contributed by atoms with Gasteiger partial charge in [0.05, 0.1) is 6.61 Å². The number of aryl methyl sites for hydroxylation is 1. The molecule has 0 saturated heterocycles. The van der Waals surface area contributed by atoms with E-state index in [9.17, 15) is 0 Å². The van der Waals surface area contributed by atoms with Gasteiger partial charge in [0.25, 0.3) is 0 Å². The normalized spacial score (nSPS) is 10.3. The van der Waals surface area contributed by atoms with Crippen molar-refractivity contribution in [3.63, 3.8) is 0 Å². The molecule has 0 aliphatic rings. The Morgan fingerprint density at radius 1 is 1.20 bits per heavy atom. The molecule has 0 unspecified atom stereocenters. The summed E-state index contributed by atoms with van der Waals surface area (Å²) in [4.78, 5) is 0.992. The zero-order chi connectivity index (χ0) is 11.1. The Morgan fingerprint density at radius 3 is 2.67 bits per heavy atom. The zero-order valence-corrected chi connectivity index (χ0v) is 10.5. The Morgan fingerprint density at radius 2 is 2.00 bits per heavy atom. The standard InChI is InChI=1S/C13H20OS/c1-3-4-5-6-9-14-13-8-7-12(15)10-11(13)2/h7-8,10,15H,3-6,9H2,1-2H3. The third-order valence-electron chi connectivity index (χ3n) is 2.41. The van der Waals surface area contributed by atoms with E-state index in [0.717, 1.165) is 29.2 Å². The Kier molecular flexibility index (Phi) is 5.62. The third kappa shape index (κ3) is 4.61. The van der Waals surface area contributed by atoms with Gasteiger partial charge >= 0.3 is 0 Å². The molecule has 1 nitrogen and oxygen atoms in total. The fourth-order valence-corrected chi connectivity index (χ4v) is 1.77. The summed E-state index contributed by atoms with van der Waals surface area (Å²) in [5.41, 5.74) is 1.16. The second-order valence-corrected chi connectivity index (χ2v) is 4.38. The van der Waals surface area contributed by atoms with Gasteiger partial charge in [-0.15, -0.1) is 12.6 Å². The fourth-order valence-electron chi connectivity index (χ4n) is 1.51. The Hall–Kier alpha value is -0.630. The quantitative estimate of drug-likeness (QED) is 0.561. The lowest BCUT2D eigenvalue weighted by atomic mass is 10.2. The highest BCUT2D eigenvalue weighted by molar-refractivity contribution is 7.80. The minimum atomic E-state index is 0.826. The summed E-state index contributed by atoms with van der Waals surface area (Å²) < 4.78 is 5.70. The molecule has 0 heterocycles. The average Bonchev–Trinajstić information content (AvgIpc) is 2.20. The monoisotopic (exact) mass is 224 g/mol. The van der Waals surface area contributed by atoms with Crippen LogP contribution in [0.2, 0.25) is 0 Å². The van der Waals surface area contributed by atoms with Gasteiger partial charge in [-0.2, -0.15) is 0 Å². The second kappa shape index (κ2) is 6.78. The number of benzene rings is 1. The van der Waals surface area contributed by atoms with Crippen molar-refractivity contribution in [2.45, 2.75) is 44.4 Å². The number of rotatable bonds is 6. The molecule has 0 N–H and O–H groups in total. The van der Waals surface area contributed by atoms with Crippen molar-refractivity contribution in [3.8, 4) is 5.75 Å². The third-order valence-corrected chi connectivity index (χ3v) is 2.69. The maximum absolute atomic E-state index is 5.70. The first-order valence-corrected chi connectivity index (χ1v) is 6.11. The topological polar surface area (TPSA) is 9.23 Å². The van der Waals surface area contributed by atoms with E-state index >= 15 is 0 Å². The lowest BCUT2D eigenvalue weighted by molar-refractivity contribution is 0.303. The number of hydrogen-bond donors (Lipinski definition) is 1. The van der Waals surface area contributed by atoms with Crippen molar-refractivity contribution in [3.05, 3.63) is 23.8 Å². The van der Waals surface area contributed by atoms with E-state index in [4.69, 9.17) is 4.74 Å². The summed E-state index contributed by atoms with van der Waals surface area (Å²) in [5.74, 6) is 0.990. The van der Waals surface area contributed by atoms with Gasteiger partial charge in [0.2, 0.25) is 0 Å². The van der Waals surface area contributed by atoms with Crippen molar-refractivity contribution >= 4 is 12.6 Å². The first-order valence-electron chi connectivity index (χ1n) is 5.66. The van der Waals surface area contributed by atoms with Gasteiger partial charge in [-0.05, 0) is 37.1 Å². The second-order valence-electron chi connectivity index (χ2n) is 3.86. The van der Waals surface area contributed by atoms with Crippen molar-refractivity contribution in [1.82, 2.24) is 0 Å². The van der Waals surface area contributed by atoms with Crippen molar-refractivity contribution < 1.29 is 4.74 Å². The van der Waals surface area contributed by atoms with Gasteiger partial charge in [-0.3, -0.25) is 0 Å². The molecule has 1 aromatic rings. The molecule has 0 bridgehead atoms. The van der Waals surface area contributed by atoms with Crippen LogP contribution >= 0.6 is 12.6 Å². The van der Waals surface area contributed by atoms with Gasteiger partial charge in [0.1, 0.15) is 5.75 Å². The molecule has 1 rings (SSSR count). The molecule has 2 heteroatoms. The molecule has 84 valence electrons. The van der Waals surface area contributed by atoms with Gasteiger partial charge in [-0.1, -0.05) is 26.2 Å². The molecule has 0 fully saturated rings. The lowest BCUT2D eigenvalue weighted by Gasteiger charge is -2.09. The van der Waals surface area contributed by atoms with Crippen molar-refractivity contribution in [2.75, 3.05) is 6.61 Å². The molecule has 15 heavy (non-hydrogen) atoms. The van der Waals surface area contributed by atoms with Gasteiger partial charge in [0, 0.05) is 4.90 Å². The number of thiol groups is 1. The van der Waals surface area contributed by atoms with Crippen molar-refractivity contribution in [1.29, 1.82) is 0 Å². The molecular formula is C13H20OS. The first kappa shape index (κ1) is 12.4. The highest BCUT2D eigenvalue weighted by Crippen LogP contribution is 2.21.